The molecule has 2 rings (SSSR count). The van der Waals surface area contributed by atoms with Crippen LogP contribution in [0.1, 0.15) is 5.82 Å². The summed E-state index contributed by atoms with van der Waals surface area (Å²) in [6, 6.07) is 6.17. The minimum absolute atomic E-state index is 0.121. The lowest BCUT2D eigenvalue weighted by Crippen LogP contribution is -2.01. The maximum absolute atomic E-state index is 10.4. The van der Waals surface area contributed by atoms with Crippen molar-refractivity contribution >= 4 is 5.97 Å². The van der Waals surface area contributed by atoms with Gasteiger partial charge in [-0.2, -0.15) is 4.98 Å². The van der Waals surface area contributed by atoms with Crippen LogP contribution < -0.4 is 0 Å². The minimum Gasteiger partial charge on any atom is -0.508 e. The molecule has 0 atom stereocenters. The topological polar surface area (TPSA) is 96.5 Å². The molecule has 6 heteroatoms. The molecule has 1 aromatic heterocycles. The molecule has 2 N–H and O–H groups in total. The smallest absolute Gasteiger partial charge is 0.311 e. The summed E-state index contributed by atoms with van der Waals surface area (Å²) in [7, 11) is 0. The lowest BCUT2D eigenvalue weighted by atomic mass is 10.2. The van der Waals surface area contributed by atoms with Gasteiger partial charge in [0.05, 0.1) is 0 Å². The fourth-order valence-electron chi connectivity index (χ4n) is 1.18. The number of benzene rings is 1. The van der Waals surface area contributed by atoms with E-state index in [0.717, 1.165) is 0 Å². The molecule has 2 aromatic rings. The average Bonchev–Trinajstić information content (AvgIpc) is 2.66. The number of hydrogen-bond acceptors (Lipinski definition) is 5. The fourth-order valence-corrected chi connectivity index (χ4v) is 1.18. The molecule has 1 aromatic carbocycles. The van der Waals surface area contributed by atoms with E-state index in [1.807, 2.05) is 0 Å². The Morgan fingerprint density at radius 3 is 2.62 bits per heavy atom. The molecule has 0 aliphatic carbocycles. The third-order valence-corrected chi connectivity index (χ3v) is 1.89. The molecule has 1 heterocycles. The Morgan fingerprint density at radius 1 is 1.31 bits per heavy atom. The third-order valence-electron chi connectivity index (χ3n) is 1.89. The van der Waals surface area contributed by atoms with Gasteiger partial charge in [-0.1, -0.05) is 5.16 Å². The quantitative estimate of drug-likeness (QED) is 0.803. The summed E-state index contributed by atoms with van der Waals surface area (Å²) < 4.78 is 4.89. The first-order valence-corrected chi connectivity index (χ1v) is 4.49. The summed E-state index contributed by atoms with van der Waals surface area (Å²) in [5, 5.41) is 21.1. The van der Waals surface area contributed by atoms with Crippen LogP contribution in [0.15, 0.2) is 28.8 Å². The van der Waals surface area contributed by atoms with Gasteiger partial charge in [0, 0.05) is 5.56 Å². The largest absolute Gasteiger partial charge is 0.508 e. The summed E-state index contributed by atoms with van der Waals surface area (Å²) in [5.41, 5.74) is 0.627. The number of aliphatic carboxylic acids is 1. The molecule has 16 heavy (non-hydrogen) atoms. The number of aromatic hydroxyl groups is 1. The molecule has 0 amide bonds. The highest BCUT2D eigenvalue weighted by molar-refractivity contribution is 5.69. The molecule has 0 radical (unpaired) electrons. The number of phenols is 1. The van der Waals surface area contributed by atoms with Gasteiger partial charge in [-0.3, -0.25) is 4.79 Å². The molecular weight excluding hydrogens is 212 g/mol. The summed E-state index contributed by atoms with van der Waals surface area (Å²) in [4.78, 5) is 14.3. The first-order valence-electron chi connectivity index (χ1n) is 4.49. The first-order chi connectivity index (χ1) is 7.65. The standard InChI is InChI=1S/C10H8N2O4/c13-7-3-1-6(2-4-7)10-11-8(12-16-10)5-9(14)15/h1-4,13H,5H2,(H,14,15). The molecule has 6 nitrogen and oxygen atoms in total. The monoisotopic (exact) mass is 220 g/mol. The predicted octanol–water partition coefficient (Wildman–Crippen LogP) is 1.07. The maximum atomic E-state index is 10.4. The third kappa shape index (κ3) is 2.17. The summed E-state index contributed by atoms with van der Waals surface area (Å²) in [6.07, 6.45) is -0.276. The van der Waals surface area contributed by atoms with Crippen LogP contribution in [0, 0.1) is 0 Å². The van der Waals surface area contributed by atoms with Crippen LogP contribution in [0.5, 0.6) is 5.75 Å². The molecule has 0 saturated carbocycles. The Balaban J connectivity index is 2.24. The van der Waals surface area contributed by atoms with E-state index >= 15 is 0 Å². The van der Waals surface area contributed by atoms with Gasteiger partial charge in [0.1, 0.15) is 12.2 Å². The van der Waals surface area contributed by atoms with Crippen LogP contribution >= 0.6 is 0 Å². The van der Waals surface area contributed by atoms with Crippen molar-refractivity contribution in [1.29, 1.82) is 0 Å². The van der Waals surface area contributed by atoms with Gasteiger partial charge < -0.3 is 14.7 Å². The molecule has 0 unspecified atom stereocenters. The van der Waals surface area contributed by atoms with Gasteiger partial charge in [-0.05, 0) is 24.3 Å². The van der Waals surface area contributed by atoms with Crippen molar-refractivity contribution in [2.75, 3.05) is 0 Å². The zero-order valence-electron chi connectivity index (χ0n) is 8.12. The van der Waals surface area contributed by atoms with E-state index in [1.165, 1.54) is 12.1 Å². The fraction of sp³-hybridized carbons (Fsp3) is 0.100. The SMILES string of the molecule is O=C(O)Cc1noc(-c2ccc(O)cc2)n1. The average molecular weight is 220 g/mol. The molecular formula is C10H8N2O4. The van der Waals surface area contributed by atoms with Crippen molar-refractivity contribution in [3.05, 3.63) is 30.1 Å². The normalized spacial score (nSPS) is 10.2. The number of carbonyl (C=O) groups is 1. The highest BCUT2D eigenvalue weighted by Crippen LogP contribution is 2.19. The van der Waals surface area contributed by atoms with Crippen molar-refractivity contribution in [1.82, 2.24) is 10.1 Å². The Morgan fingerprint density at radius 2 is 2.00 bits per heavy atom. The second-order valence-corrected chi connectivity index (χ2v) is 3.13. The number of aromatic nitrogens is 2. The maximum Gasteiger partial charge on any atom is 0.311 e. The van der Waals surface area contributed by atoms with E-state index in [2.05, 4.69) is 10.1 Å². The Labute approximate surface area is 90.2 Å². The lowest BCUT2D eigenvalue weighted by Gasteiger charge is -1.93. The number of carboxylic acid groups (broad SMARTS) is 1. The number of hydrogen-bond donors (Lipinski definition) is 2. The molecule has 0 fully saturated rings. The van der Waals surface area contributed by atoms with Gasteiger partial charge in [-0.25, -0.2) is 0 Å². The summed E-state index contributed by atoms with van der Waals surface area (Å²) in [5.74, 6) is -0.529. The van der Waals surface area contributed by atoms with Crippen molar-refractivity contribution in [3.63, 3.8) is 0 Å². The van der Waals surface area contributed by atoms with E-state index in [9.17, 15) is 4.79 Å². The highest BCUT2D eigenvalue weighted by atomic mass is 16.5. The van der Waals surface area contributed by atoms with E-state index < -0.39 is 5.97 Å². The van der Waals surface area contributed by atoms with Crippen LogP contribution in [0.4, 0.5) is 0 Å². The first kappa shape index (κ1) is 10.2. The second-order valence-electron chi connectivity index (χ2n) is 3.13. The van der Waals surface area contributed by atoms with Crippen LogP contribution in [0.2, 0.25) is 0 Å². The lowest BCUT2D eigenvalue weighted by molar-refractivity contribution is -0.136. The van der Waals surface area contributed by atoms with E-state index in [0.29, 0.717) is 5.56 Å². The Bertz CT molecular complexity index is 504. The van der Waals surface area contributed by atoms with Gasteiger partial charge in [0.25, 0.3) is 5.89 Å². The molecule has 82 valence electrons. The molecule has 0 aliphatic heterocycles. The minimum atomic E-state index is -1.02. The van der Waals surface area contributed by atoms with Crippen LogP contribution in [0.25, 0.3) is 11.5 Å². The van der Waals surface area contributed by atoms with Gasteiger partial charge in [0.2, 0.25) is 0 Å². The number of nitrogens with zero attached hydrogens (tertiary/aromatic N) is 2. The van der Waals surface area contributed by atoms with E-state index in [-0.39, 0.29) is 23.9 Å². The van der Waals surface area contributed by atoms with Crippen molar-refractivity contribution in [2.45, 2.75) is 6.42 Å². The van der Waals surface area contributed by atoms with Crippen molar-refractivity contribution in [3.8, 4) is 17.2 Å². The molecule has 0 saturated heterocycles. The highest BCUT2D eigenvalue weighted by Gasteiger charge is 2.11. The summed E-state index contributed by atoms with van der Waals surface area (Å²) >= 11 is 0. The van der Waals surface area contributed by atoms with E-state index in [1.54, 1.807) is 12.1 Å². The Hall–Kier alpha value is -2.37. The van der Waals surface area contributed by atoms with Gasteiger partial charge in [-0.15, -0.1) is 0 Å². The van der Waals surface area contributed by atoms with E-state index in [4.69, 9.17) is 14.7 Å². The summed E-state index contributed by atoms with van der Waals surface area (Å²) in [6.45, 7) is 0. The van der Waals surface area contributed by atoms with Gasteiger partial charge in [0.15, 0.2) is 5.82 Å². The van der Waals surface area contributed by atoms with Crippen LogP contribution in [-0.2, 0) is 11.2 Å². The predicted molar refractivity (Wildman–Crippen MR) is 52.7 cm³/mol. The van der Waals surface area contributed by atoms with Crippen molar-refractivity contribution in [2.24, 2.45) is 0 Å². The Kier molecular flexibility index (Phi) is 2.55. The number of rotatable bonds is 3. The molecule has 0 spiro atoms. The van der Waals surface area contributed by atoms with Crippen LogP contribution in [-0.4, -0.2) is 26.3 Å². The molecule has 0 aliphatic rings. The number of carboxylic acids is 1. The molecule has 0 bridgehead atoms. The van der Waals surface area contributed by atoms with Crippen molar-refractivity contribution < 1.29 is 19.5 Å². The second kappa shape index (κ2) is 4.01. The number of phenolic OH excluding ortho intramolecular Hbond substituents is 1. The van der Waals surface area contributed by atoms with Gasteiger partial charge >= 0.3 is 5.97 Å². The zero-order chi connectivity index (χ0) is 11.5. The zero-order valence-corrected chi connectivity index (χ0v) is 8.12. The van der Waals surface area contributed by atoms with Crippen LogP contribution in [0.3, 0.4) is 0 Å².